The standard InChI is InChI=1S/C5H5.2C3H8N.2ClH.V/c1-2-4-5-3-1;2*1-3(2)4;;;/h1-3H,4H2;2*3-4H,1-2H3;2*1H;/q3*-1;;;+2/p-2. The van der Waals surface area contributed by atoms with E-state index in [1.165, 1.54) is 0 Å². The molecule has 1 aliphatic carbocycles. The van der Waals surface area contributed by atoms with Crippen LogP contribution < -0.4 is 24.8 Å². The van der Waals surface area contributed by atoms with Crippen LogP contribution in [0, 0.1) is 6.08 Å². The van der Waals surface area contributed by atoms with Gasteiger partial charge in [0.25, 0.3) is 0 Å². The number of rotatable bonds is 0. The molecule has 1 radical (unpaired) electrons. The van der Waals surface area contributed by atoms with Crippen molar-refractivity contribution in [3.05, 3.63) is 35.8 Å². The van der Waals surface area contributed by atoms with Crippen molar-refractivity contribution in [2.24, 2.45) is 0 Å². The van der Waals surface area contributed by atoms with E-state index in [1.54, 1.807) is 0 Å². The first-order chi connectivity index (χ1) is 5.96. The Bertz CT molecular complexity index is 127. The molecule has 0 unspecified atom stereocenters. The zero-order valence-electron chi connectivity index (χ0n) is 10.3. The Kier molecular flexibility index (Phi) is 46.3. The Hall–Kier alpha value is 0.564. The van der Waals surface area contributed by atoms with Crippen LogP contribution in [0.15, 0.2) is 18.2 Å². The summed E-state index contributed by atoms with van der Waals surface area (Å²) < 4.78 is 0. The largest absolute Gasteiger partial charge is 2.00 e. The maximum Gasteiger partial charge on any atom is 2.00 e. The van der Waals surface area contributed by atoms with Gasteiger partial charge in [-0.05, 0) is 0 Å². The number of allylic oxidation sites excluding steroid dienone is 4. The summed E-state index contributed by atoms with van der Waals surface area (Å²) in [7, 11) is 0. The first-order valence-corrected chi connectivity index (χ1v) is 4.60. The van der Waals surface area contributed by atoms with Crippen molar-refractivity contribution < 1.29 is 43.4 Å². The quantitative estimate of drug-likeness (QED) is 0.475. The minimum atomic E-state index is 0. The van der Waals surface area contributed by atoms with E-state index in [-0.39, 0.29) is 55.5 Å². The number of halogens is 2. The van der Waals surface area contributed by atoms with E-state index in [0.29, 0.717) is 0 Å². The molecule has 0 heterocycles. The number of hydrogen-bond acceptors (Lipinski definition) is 0. The van der Waals surface area contributed by atoms with Crippen LogP contribution in [0.4, 0.5) is 0 Å². The van der Waals surface area contributed by atoms with Crippen molar-refractivity contribution in [2.45, 2.75) is 46.2 Å². The first-order valence-electron chi connectivity index (χ1n) is 4.60. The molecule has 0 fully saturated rings. The summed E-state index contributed by atoms with van der Waals surface area (Å²) in [5.41, 5.74) is 13.2. The average molecular weight is 303 g/mol. The molecule has 16 heavy (non-hydrogen) atoms. The van der Waals surface area contributed by atoms with Crippen LogP contribution in [-0.4, -0.2) is 12.1 Å². The third kappa shape index (κ3) is 86.5. The van der Waals surface area contributed by atoms with Gasteiger partial charge in [-0.2, -0.15) is 6.08 Å². The summed E-state index contributed by atoms with van der Waals surface area (Å²) in [4.78, 5) is 0. The van der Waals surface area contributed by atoms with Gasteiger partial charge in [0.1, 0.15) is 0 Å². The van der Waals surface area contributed by atoms with Crippen LogP contribution in [0.3, 0.4) is 0 Å². The third-order valence-corrected chi connectivity index (χ3v) is 0.586. The summed E-state index contributed by atoms with van der Waals surface area (Å²) >= 11 is 0. The van der Waals surface area contributed by atoms with E-state index in [4.69, 9.17) is 11.5 Å². The normalized spacial score (nSPS) is 10.0. The fourth-order valence-corrected chi connectivity index (χ4v) is 0.340. The van der Waals surface area contributed by atoms with Crippen molar-refractivity contribution in [3.8, 4) is 0 Å². The molecule has 2 N–H and O–H groups in total. The Morgan fingerprint density at radius 2 is 1.31 bits per heavy atom. The molecule has 0 atom stereocenters. The molecule has 0 aromatic heterocycles. The second-order valence-electron chi connectivity index (χ2n) is 3.31. The van der Waals surface area contributed by atoms with Crippen LogP contribution >= 0.6 is 0 Å². The van der Waals surface area contributed by atoms with Crippen molar-refractivity contribution in [2.75, 3.05) is 0 Å². The van der Waals surface area contributed by atoms with Crippen molar-refractivity contribution >= 4 is 0 Å². The SMILES string of the molecule is CC(C)[NH-].CC(C)[NH-].[C-]1=CC=CC1.[Cl-].[Cl-].[V+2]. The molecule has 1 rings (SSSR count). The predicted molar refractivity (Wildman–Crippen MR) is 60.5 cm³/mol. The second-order valence-corrected chi connectivity index (χ2v) is 3.31. The molecule has 0 aromatic carbocycles. The Morgan fingerprint density at radius 3 is 1.38 bits per heavy atom. The average Bonchev–Trinajstić information content (AvgIpc) is 2.35. The van der Waals surface area contributed by atoms with Crippen molar-refractivity contribution in [1.82, 2.24) is 0 Å². The predicted octanol–water partition coefficient (Wildman–Crippen LogP) is -1.79. The van der Waals surface area contributed by atoms with Crippen LogP contribution in [0.2, 0.25) is 0 Å². The molecular weight excluding hydrogens is 282 g/mol. The Labute approximate surface area is 125 Å². The zero-order valence-corrected chi connectivity index (χ0v) is 13.2. The first kappa shape index (κ1) is 30.0. The van der Waals surface area contributed by atoms with Gasteiger partial charge >= 0.3 is 18.6 Å². The van der Waals surface area contributed by atoms with Crippen LogP contribution in [0.25, 0.3) is 11.5 Å². The zero-order chi connectivity index (χ0) is 10.7. The molecule has 0 aromatic rings. The summed E-state index contributed by atoms with van der Waals surface area (Å²) in [5, 5.41) is 0. The monoisotopic (exact) mass is 302 g/mol. The summed E-state index contributed by atoms with van der Waals surface area (Å²) in [5.74, 6) is 0. The third-order valence-electron chi connectivity index (χ3n) is 0.586. The van der Waals surface area contributed by atoms with E-state index in [1.807, 2.05) is 39.8 Å². The molecule has 0 spiro atoms. The van der Waals surface area contributed by atoms with Gasteiger partial charge < -0.3 is 36.3 Å². The molecule has 97 valence electrons. The van der Waals surface area contributed by atoms with Gasteiger partial charge in [-0.25, -0.2) is 12.2 Å². The smallest absolute Gasteiger partial charge is 1.00 e. The number of nitrogens with one attached hydrogen (secondary N) is 2. The summed E-state index contributed by atoms with van der Waals surface area (Å²) in [6, 6.07) is 0.167. The van der Waals surface area contributed by atoms with Gasteiger partial charge in [0.2, 0.25) is 0 Å². The van der Waals surface area contributed by atoms with Gasteiger partial charge in [0.15, 0.2) is 0 Å². The van der Waals surface area contributed by atoms with E-state index in [0.717, 1.165) is 6.42 Å². The molecule has 0 aliphatic heterocycles. The minimum Gasteiger partial charge on any atom is -1.00 e. The maximum atomic E-state index is 6.58. The molecule has 0 saturated carbocycles. The summed E-state index contributed by atoms with van der Waals surface area (Å²) in [6.45, 7) is 7.33. The molecule has 2 nitrogen and oxygen atoms in total. The molecule has 5 heteroatoms. The minimum absolute atomic E-state index is 0. The maximum absolute atomic E-state index is 6.58. The van der Waals surface area contributed by atoms with Crippen molar-refractivity contribution in [1.29, 1.82) is 0 Å². The van der Waals surface area contributed by atoms with Gasteiger partial charge in [0, 0.05) is 0 Å². The molecule has 0 bridgehead atoms. The molecular formula is C11H21Cl2N2V-3. The Balaban J connectivity index is -0.0000000350. The van der Waals surface area contributed by atoms with Gasteiger partial charge in [-0.1, -0.05) is 27.7 Å². The van der Waals surface area contributed by atoms with Crippen LogP contribution in [0.1, 0.15) is 34.1 Å². The molecule has 1 aliphatic rings. The Morgan fingerprint density at radius 1 is 1.00 bits per heavy atom. The molecule has 0 amide bonds. The second kappa shape index (κ2) is 24.7. The molecule has 0 saturated heterocycles. The van der Waals surface area contributed by atoms with Crippen molar-refractivity contribution in [3.63, 3.8) is 0 Å². The topological polar surface area (TPSA) is 47.6 Å². The van der Waals surface area contributed by atoms with E-state index in [9.17, 15) is 0 Å². The van der Waals surface area contributed by atoms with E-state index < -0.39 is 0 Å². The van der Waals surface area contributed by atoms with E-state index in [2.05, 4.69) is 12.2 Å². The summed E-state index contributed by atoms with van der Waals surface area (Å²) in [6.07, 6.45) is 10.0. The number of hydrogen-bond donors (Lipinski definition) is 0. The van der Waals surface area contributed by atoms with Gasteiger partial charge in [-0.15, -0.1) is 18.5 Å². The fraction of sp³-hybridized carbons (Fsp3) is 0.636. The van der Waals surface area contributed by atoms with Crippen LogP contribution in [0.5, 0.6) is 0 Å². The fourth-order valence-electron chi connectivity index (χ4n) is 0.340. The van der Waals surface area contributed by atoms with Gasteiger partial charge in [-0.3, -0.25) is 6.08 Å². The van der Waals surface area contributed by atoms with Crippen LogP contribution in [-0.2, 0) is 18.6 Å². The van der Waals surface area contributed by atoms with Gasteiger partial charge in [0.05, 0.1) is 0 Å². The van der Waals surface area contributed by atoms with E-state index >= 15 is 0 Å².